The maximum atomic E-state index is 12.9. The molecular weight excluding hydrogens is 369 g/mol. The molecule has 3 N–H and O–H groups in total. The van der Waals surface area contributed by atoms with E-state index in [0.29, 0.717) is 16.7 Å². The van der Waals surface area contributed by atoms with Gasteiger partial charge in [-0.2, -0.15) is 0 Å². The fourth-order valence-corrected chi connectivity index (χ4v) is 2.96. The number of nitrogens with two attached hydrogens (primary N) is 1. The number of anilines is 2. The molecule has 1 amide bonds. The number of carbonyl (C=O) groups is 1. The molecule has 1 aliphatic heterocycles. The smallest absolute Gasteiger partial charge is 0.246 e. The predicted octanol–water partition coefficient (Wildman–Crippen LogP) is 2.55. The second kappa shape index (κ2) is 8.73. The second-order valence-electron chi connectivity index (χ2n) is 6.18. The number of benzene rings is 2. The van der Waals surface area contributed by atoms with Crippen LogP contribution in [0.5, 0.6) is 0 Å². The molecule has 1 heterocycles. The lowest BCUT2D eigenvalue weighted by Gasteiger charge is -2.36. The molecule has 0 saturated carbocycles. The van der Waals surface area contributed by atoms with Crippen LogP contribution in [0.25, 0.3) is 0 Å². The highest BCUT2D eigenvalue weighted by Gasteiger charge is 2.18. The van der Waals surface area contributed by atoms with Crippen LogP contribution in [0.3, 0.4) is 0 Å². The minimum absolute atomic E-state index is 0.0827. The number of carbonyl (C=O) groups excluding carboxylic acids is 1. The van der Waals surface area contributed by atoms with Gasteiger partial charge >= 0.3 is 0 Å². The van der Waals surface area contributed by atoms with Gasteiger partial charge in [-0.15, -0.1) is 0 Å². The third kappa shape index (κ3) is 5.34. The maximum Gasteiger partial charge on any atom is 0.246 e. The summed E-state index contributed by atoms with van der Waals surface area (Å²) in [4.78, 5) is 20.3. The highest BCUT2D eigenvalue weighted by atomic mass is 35.5. The topological polar surface area (TPSA) is 74.0 Å². The van der Waals surface area contributed by atoms with Crippen molar-refractivity contribution in [3.05, 3.63) is 59.4 Å². The number of nitrogens with zero attached hydrogens (tertiary/aromatic N) is 3. The van der Waals surface area contributed by atoms with Gasteiger partial charge in [0.2, 0.25) is 5.91 Å². The van der Waals surface area contributed by atoms with Gasteiger partial charge in [0.05, 0.1) is 0 Å². The Labute approximate surface area is 162 Å². The summed E-state index contributed by atoms with van der Waals surface area (Å²) in [6.45, 7) is 2.97. The summed E-state index contributed by atoms with van der Waals surface area (Å²) in [7, 11) is 0. The van der Waals surface area contributed by atoms with Gasteiger partial charge in [0, 0.05) is 42.6 Å². The van der Waals surface area contributed by atoms with Crippen LogP contribution in [0.15, 0.2) is 53.5 Å². The van der Waals surface area contributed by atoms with Crippen LogP contribution in [0.1, 0.15) is 0 Å². The second-order valence-corrected chi connectivity index (χ2v) is 6.62. The number of nitrogens with one attached hydrogen (secondary N) is 1. The molecule has 0 spiro atoms. The Morgan fingerprint density at radius 3 is 2.33 bits per heavy atom. The standard InChI is InChI=1S/C19H21ClFN5O/c20-14-1-7-17(8-2-14)25-9-11-26(12-10-25)19(22)23-13-18(27)24-16-5-3-15(21)4-6-16/h1-8H,9-13H2,(H2,22,23)(H,24,27). The summed E-state index contributed by atoms with van der Waals surface area (Å²) in [6.07, 6.45) is 0. The summed E-state index contributed by atoms with van der Waals surface area (Å²) in [5.41, 5.74) is 7.66. The van der Waals surface area contributed by atoms with E-state index in [1.54, 1.807) is 0 Å². The van der Waals surface area contributed by atoms with Gasteiger partial charge in [-0.3, -0.25) is 4.79 Å². The fourth-order valence-electron chi connectivity index (χ4n) is 2.83. The normalized spacial score (nSPS) is 15.0. The lowest BCUT2D eigenvalue weighted by Crippen LogP contribution is -2.51. The number of hydrogen-bond acceptors (Lipinski definition) is 3. The molecule has 1 aliphatic rings. The number of amides is 1. The van der Waals surface area contributed by atoms with Crippen LogP contribution < -0.4 is 16.0 Å². The quantitative estimate of drug-likeness (QED) is 0.622. The molecule has 0 atom stereocenters. The van der Waals surface area contributed by atoms with Crippen LogP contribution in [0.2, 0.25) is 5.02 Å². The molecule has 3 rings (SSSR count). The first kappa shape index (κ1) is 19.0. The van der Waals surface area contributed by atoms with Gasteiger partial charge in [-0.05, 0) is 48.5 Å². The molecule has 0 aliphatic carbocycles. The van der Waals surface area contributed by atoms with E-state index in [1.807, 2.05) is 29.2 Å². The Bertz CT molecular complexity index is 802. The van der Waals surface area contributed by atoms with Gasteiger partial charge in [0.15, 0.2) is 5.96 Å². The van der Waals surface area contributed by atoms with E-state index in [1.165, 1.54) is 24.3 Å². The molecule has 2 aromatic rings. The average molecular weight is 390 g/mol. The van der Waals surface area contributed by atoms with Gasteiger partial charge < -0.3 is 20.9 Å². The first-order valence-electron chi connectivity index (χ1n) is 8.62. The molecule has 0 aromatic heterocycles. The number of aliphatic imine (C=N–C) groups is 1. The molecule has 0 unspecified atom stereocenters. The number of piperazine rings is 1. The molecule has 0 bridgehead atoms. The molecule has 8 heteroatoms. The van der Waals surface area contributed by atoms with Gasteiger partial charge in [-0.1, -0.05) is 11.6 Å². The van der Waals surface area contributed by atoms with E-state index in [9.17, 15) is 9.18 Å². The third-order valence-corrected chi connectivity index (χ3v) is 4.56. The van der Waals surface area contributed by atoms with Gasteiger partial charge in [0.25, 0.3) is 0 Å². The predicted molar refractivity (Wildman–Crippen MR) is 107 cm³/mol. The van der Waals surface area contributed by atoms with Crippen molar-refractivity contribution in [1.82, 2.24) is 4.90 Å². The molecule has 2 aromatic carbocycles. The van der Waals surface area contributed by atoms with Crippen LogP contribution in [0, 0.1) is 5.82 Å². The molecule has 1 fully saturated rings. The van der Waals surface area contributed by atoms with Crippen LogP contribution in [0.4, 0.5) is 15.8 Å². The zero-order valence-corrected chi connectivity index (χ0v) is 15.5. The van der Waals surface area contributed by atoms with Gasteiger partial charge in [-0.25, -0.2) is 9.38 Å². The molecule has 6 nitrogen and oxygen atoms in total. The Balaban J connectivity index is 1.48. The van der Waals surface area contributed by atoms with Crippen LogP contribution in [-0.2, 0) is 4.79 Å². The highest BCUT2D eigenvalue weighted by Crippen LogP contribution is 2.19. The SMILES string of the molecule is NC(=NCC(=O)Nc1ccc(F)cc1)N1CCN(c2ccc(Cl)cc2)CC1. The van der Waals surface area contributed by atoms with Crippen molar-refractivity contribution in [2.24, 2.45) is 10.7 Å². The molecule has 142 valence electrons. The van der Waals surface area contributed by atoms with E-state index >= 15 is 0 Å². The average Bonchev–Trinajstić information content (AvgIpc) is 2.69. The Kier molecular flexibility index (Phi) is 6.13. The summed E-state index contributed by atoms with van der Waals surface area (Å²) < 4.78 is 12.9. The zero-order chi connectivity index (χ0) is 19.2. The minimum atomic E-state index is -0.354. The number of rotatable bonds is 4. The van der Waals surface area contributed by atoms with Crippen molar-refractivity contribution in [3.8, 4) is 0 Å². The number of guanidine groups is 1. The third-order valence-electron chi connectivity index (χ3n) is 4.31. The number of hydrogen-bond donors (Lipinski definition) is 2. The van der Waals surface area contributed by atoms with E-state index in [2.05, 4.69) is 15.2 Å². The van der Waals surface area contributed by atoms with Crippen molar-refractivity contribution < 1.29 is 9.18 Å². The minimum Gasteiger partial charge on any atom is -0.370 e. The molecular formula is C19H21ClFN5O. The summed E-state index contributed by atoms with van der Waals surface area (Å²) in [5.74, 6) is -0.308. The molecule has 0 radical (unpaired) electrons. The van der Waals surface area contributed by atoms with E-state index < -0.39 is 0 Å². The van der Waals surface area contributed by atoms with Crippen molar-refractivity contribution >= 4 is 34.8 Å². The lowest BCUT2D eigenvalue weighted by molar-refractivity contribution is -0.114. The van der Waals surface area contributed by atoms with E-state index in [4.69, 9.17) is 17.3 Å². The summed E-state index contributed by atoms with van der Waals surface area (Å²) >= 11 is 5.93. The van der Waals surface area contributed by atoms with E-state index in [0.717, 1.165) is 31.9 Å². The van der Waals surface area contributed by atoms with Crippen LogP contribution in [-0.4, -0.2) is 49.5 Å². The highest BCUT2D eigenvalue weighted by molar-refractivity contribution is 6.30. The number of halogens is 2. The van der Waals surface area contributed by atoms with E-state index in [-0.39, 0.29) is 18.3 Å². The summed E-state index contributed by atoms with van der Waals surface area (Å²) in [5, 5.41) is 3.37. The fraction of sp³-hybridized carbons (Fsp3) is 0.263. The largest absolute Gasteiger partial charge is 0.370 e. The van der Waals surface area contributed by atoms with Crippen molar-refractivity contribution in [3.63, 3.8) is 0 Å². The Hall–Kier alpha value is -2.80. The first-order valence-corrected chi connectivity index (χ1v) is 9.00. The first-order chi connectivity index (χ1) is 13.0. The van der Waals surface area contributed by atoms with Crippen molar-refractivity contribution in [2.45, 2.75) is 0 Å². The lowest BCUT2D eigenvalue weighted by atomic mass is 10.2. The van der Waals surface area contributed by atoms with Crippen molar-refractivity contribution in [1.29, 1.82) is 0 Å². The Morgan fingerprint density at radius 2 is 1.70 bits per heavy atom. The molecule has 1 saturated heterocycles. The maximum absolute atomic E-state index is 12.9. The monoisotopic (exact) mass is 389 g/mol. The Morgan fingerprint density at radius 1 is 1.07 bits per heavy atom. The molecule has 27 heavy (non-hydrogen) atoms. The summed E-state index contributed by atoms with van der Waals surface area (Å²) in [6, 6.07) is 13.3. The zero-order valence-electron chi connectivity index (χ0n) is 14.7. The van der Waals surface area contributed by atoms with Crippen LogP contribution >= 0.6 is 11.6 Å². The van der Waals surface area contributed by atoms with Crippen molar-refractivity contribution in [2.75, 3.05) is 42.9 Å². The van der Waals surface area contributed by atoms with Gasteiger partial charge in [0.1, 0.15) is 12.4 Å².